The number of nitrogens with one attached hydrogen (secondary N) is 1. The van der Waals surface area contributed by atoms with Gasteiger partial charge in [-0.15, -0.1) is 11.8 Å². The highest BCUT2D eigenvalue weighted by Gasteiger charge is 2.15. The summed E-state index contributed by atoms with van der Waals surface area (Å²) in [5.41, 5.74) is 3.23. The number of carbonyl (C=O) groups is 1. The van der Waals surface area contributed by atoms with Gasteiger partial charge in [0.25, 0.3) is 5.91 Å². The highest BCUT2D eigenvalue weighted by atomic mass is 32.2. The van der Waals surface area contributed by atoms with Crippen molar-refractivity contribution in [1.29, 1.82) is 0 Å². The van der Waals surface area contributed by atoms with Crippen LogP contribution in [-0.2, 0) is 5.75 Å². The van der Waals surface area contributed by atoms with E-state index in [0.29, 0.717) is 29.4 Å². The van der Waals surface area contributed by atoms with Crippen LogP contribution in [0.5, 0.6) is 5.75 Å². The number of hydrogen-bond acceptors (Lipinski definition) is 5. The first-order chi connectivity index (χ1) is 13.6. The minimum Gasteiger partial charge on any atom is -0.491 e. The van der Waals surface area contributed by atoms with Gasteiger partial charge in [0.15, 0.2) is 0 Å². The van der Waals surface area contributed by atoms with Crippen LogP contribution in [0, 0.1) is 13.8 Å². The monoisotopic (exact) mass is 396 g/mol. The summed E-state index contributed by atoms with van der Waals surface area (Å²) < 4.78 is 11.1. The number of aromatic nitrogens is 1. The van der Waals surface area contributed by atoms with Gasteiger partial charge in [-0.2, -0.15) is 0 Å². The summed E-state index contributed by atoms with van der Waals surface area (Å²) in [4.78, 5) is 13.8. The Morgan fingerprint density at radius 2 is 2.00 bits per heavy atom. The maximum absolute atomic E-state index is 12.9. The number of carbonyl (C=O) groups excluding carboxylic acids is 1. The molecule has 0 aliphatic carbocycles. The van der Waals surface area contributed by atoms with Gasteiger partial charge in [0.05, 0.1) is 29.3 Å². The van der Waals surface area contributed by atoms with Crippen molar-refractivity contribution in [3.63, 3.8) is 0 Å². The van der Waals surface area contributed by atoms with Gasteiger partial charge < -0.3 is 14.6 Å². The van der Waals surface area contributed by atoms with E-state index in [4.69, 9.17) is 9.26 Å². The van der Waals surface area contributed by atoms with E-state index < -0.39 is 0 Å². The smallest absolute Gasteiger partial charge is 0.256 e. The van der Waals surface area contributed by atoms with Crippen LogP contribution in [0.4, 0.5) is 5.69 Å². The number of anilines is 1. The third-order valence-electron chi connectivity index (χ3n) is 4.03. The molecule has 1 aromatic heterocycles. The molecule has 1 heterocycles. The number of aryl methyl sites for hydroxylation is 2. The van der Waals surface area contributed by atoms with Crippen LogP contribution in [0.1, 0.15) is 40.7 Å². The molecule has 0 saturated carbocycles. The van der Waals surface area contributed by atoms with Crippen LogP contribution in [-0.4, -0.2) is 17.7 Å². The zero-order valence-electron chi connectivity index (χ0n) is 16.3. The lowest BCUT2D eigenvalue weighted by Gasteiger charge is -2.14. The molecule has 6 heteroatoms. The quantitative estimate of drug-likeness (QED) is 0.500. The average Bonchev–Trinajstić information content (AvgIpc) is 3.12. The Bertz CT molecular complexity index is 952. The fourth-order valence-corrected chi connectivity index (χ4v) is 3.59. The van der Waals surface area contributed by atoms with E-state index >= 15 is 0 Å². The molecule has 28 heavy (non-hydrogen) atoms. The molecule has 2 aromatic carbocycles. The van der Waals surface area contributed by atoms with E-state index in [2.05, 4.69) is 17.4 Å². The molecule has 5 nitrogen and oxygen atoms in total. The largest absolute Gasteiger partial charge is 0.491 e. The molecule has 0 fully saturated rings. The number of benzene rings is 2. The van der Waals surface area contributed by atoms with Gasteiger partial charge in [0.1, 0.15) is 11.5 Å². The summed E-state index contributed by atoms with van der Waals surface area (Å²) in [7, 11) is 0. The Kier molecular flexibility index (Phi) is 6.76. The Morgan fingerprint density at radius 3 is 2.75 bits per heavy atom. The van der Waals surface area contributed by atoms with Gasteiger partial charge >= 0.3 is 0 Å². The first-order valence-electron chi connectivity index (χ1n) is 9.25. The maximum atomic E-state index is 12.9. The number of nitrogens with zero attached hydrogens (tertiary/aromatic N) is 1. The van der Waals surface area contributed by atoms with E-state index in [0.717, 1.165) is 28.3 Å². The van der Waals surface area contributed by atoms with E-state index in [1.807, 2.05) is 62.4 Å². The molecule has 3 rings (SSSR count). The van der Waals surface area contributed by atoms with Crippen molar-refractivity contribution in [3.05, 3.63) is 71.1 Å². The van der Waals surface area contributed by atoms with Crippen LogP contribution in [0.2, 0.25) is 0 Å². The topological polar surface area (TPSA) is 64.4 Å². The van der Waals surface area contributed by atoms with Crippen molar-refractivity contribution in [2.24, 2.45) is 0 Å². The lowest BCUT2D eigenvalue weighted by molar-refractivity contribution is 0.102. The molecule has 0 aliphatic rings. The maximum Gasteiger partial charge on any atom is 0.256 e. The van der Waals surface area contributed by atoms with Gasteiger partial charge in [-0.05, 0) is 50.1 Å². The van der Waals surface area contributed by atoms with Crippen molar-refractivity contribution >= 4 is 23.4 Å². The van der Waals surface area contributed by atoms with E-state index in [9.17, 15) is 4.79 Å². The molecule has 1 N–H and O–H groups in total. The summed E-state index contributed by atoms with van der Waals surface area (Å²) in [6, 6.07) is 15.2. The molecule has 0 atom stereocenters. The van der Waals surface area contributed by atoms with Crippen molar-refractivity contribution < 1.29 is 14.1 Å². The van der Waals surface area contributed by atoms with E-state index in [-0.39, 0.29) is 5.91 Å². The predicted molar refractivity (Wildman–Crippen MR) is 112 cm³/mol. The highest BCUT2D eigenvalue weighted by molar-refractivity contribution is 7.98. The van der Waals surface area contributed by atoms with Crippen molar-refractivity contribution in [2.45, 2.75) is 37.8 Å². The lowest BCUT2D eigenvalue weighted by Crippen LogP contribution is -2.14. The second-order valence-electron chi connectivity index (χ2n) is 6.52. The van der Waals surface area contributed by atoms with Crippen LogP contribution in [0.25, 0.3) is 0 Å². The lowest BCUT2D eigenvalue weighted by atomic mass is 10.1. The summed E-state index contributed by atoms with van der Waals surface area (Å²) in [6.07, 6.45) is 0.905. The van der Waals surface area contributed by atoms with Crippen molar-refractivity contribution in [3.8, 4) is 5.75 Å². The second-order valence-corrected chi connectivity index (χ2v) is 7.54. The predicted octanol–water partition coefficient (Wildman–Crippen LogP) is 5.62. The summed E-state index contributed by atoms with van der Waals surface area (Å²) in [5.74, 6) is 1.92. The fourth-order valence-electron chi connectivity index (χ4n) is 2.67. The minimum absolute atomic E-state index is 0.165. The molecule has 1 amide bonds. The number of thioether (sulfide) groups is 1. The average molecular weight is 397 g/mol. The Balaban J connectivity index is 1.76. The first-order valence-corrected chi connectivity index (χ1v) is 10.2. The Morgan fingerprint density at radius 1 is 1.18 bits per heavy atom. The van der Waals surface area contributed by atoms with Gasteiger partial charge in [-0.25, -0.2) is 0 Å². The normalized spacial score (nSPS) is 10.7. The summed E-state index contributed by atoms with van der Waals surface area (Å²) in [5, 5.41) is 6.89. The zero-order valence-corrected chi connectivity index (χ0v) is 17.1. The first kappa shape index (κ1) is 20.0. The van der Waals surface area contributed by atoms with Crippen molar-refractivity contribution in [2.75, 3.05) is 11.9 Å². The Hall–Kier alpha value is -2.73. The van der Waals surface area contributed by atoms with Crippen LogP contribution < -0.4 is 10.1 Å². The molecule has 0 unspecified atom stereocenters. The van der Waals surface area contributed by atoms with Gasteiger partial charge in [-0.1, -0.05) is 30.3 Å². The van der Waals surface area contributed by atoms with Gasteiger partial charge in [-0.3, -0.25) is 4.79 Å². The summed E-state index contributed by atoms with van der Waals surface area (Å²) in [6.45, 7) is 6.55. The molecule has 0 radical (unpaired) electrons. The zero-order chi connectivity index (χ0) is 19.9. The van der Waals surface area contributed by atoms with Crippen LogP contribution in [0.3, 0.4) is 0 Å². The van der Waals surface area contributed by atoms with Gasteiger partial charge in [0.2, 0.25) is 0 Å². The molecule has 0 bridgehead atoms. The summed E-state index contributed by atoms with van der Waals surface area (Å²) >= 11 is 1.55. The molecular formula is C22H24N2O3S. The molecule has 0 aliphatic heterocycles. The molecule has 0 saturated heterocycles. The van der Waals surface area contributed by atoms with Crippen molar-refractivity contribution in [1.82, 2.24) is 5.16 Å². The fraction of sp³-hybridized carbons (Fsp3) is 0.273. The van der Waals surface area contributed by atoms with E-state index in [1.165, 1.54) is 0 Å². The van der Waals surface area contributed by atoms with E-state index in [1.54, 1.807) is 11.8 Å². The SMILES string of the molecule is CCCOc1cc(C)ccc1NC(=O)c1ccccc1SCc1cc(C)no1. The standard InChI is InChI=1S/C22H24N2O3S/c1-4-11-26-20-12-15(2)9-10-19(20)23-22(25)18-7-5-6-8-21(18)28-14-17-13-16(3)24-27-17/h5-10,12-13H,4,11,14H2,1-3H3,(H,23,25). The van der Waals surface area contributed by atoms with Gasteiger partial charge in [0, 0.05) is 11.0 Å². The van der Waals surface area contributed by atoms with Crippen LogP contribution in [0.15, 0.2) is 57.9 Å². The molecule has 146 valence electrons. The van der Waals surface area contributed by atoms with Crippen LogP contribution >= 0.6 is 11.8 Å². The third-order valence-corrected chi connectivity index (χ3v) is 5.12. The molecule has 3 aromatic rings. The number of ether oxygens (including phenoxy) is 1. The Labute approximate surface area is 169 Å². The third kappa shape index (κ3) is 5.16. The second kappa shape index (κ2) is 9.46. The number of amides is 1. The number of rotatable bonds is 8. The molecule has 0 spiro atoms. The number of hydrogen-bond donors (Lipinski definition) is 1. The highest BCUT2D eigenvalue weighted by Crippen LogP contribution is 2.30. The minimum atomic E-state index is -0.165. The molecular weight excluding hydrogens is 372 g/mol.